The van der Waals surface area contributed by atoms with Crippen LogP contribution in [0.2, 0.25) is 0 Å². The van der Waals surface area contributed by atoms with Crippen LogP contribution in [-0.2, 0) is 13.0 Å². The summed E-state index contributed by atoms with van der Waals surface area (Å²) < 4.78 is 1.42. The van der Waals surface area contributed by atoms with E-state index in [2.05, 4.69) is 53.3 Å². The van der Waals surface area contributed by atoms with Crippen LogP contribution in [0.15, 0.2) is 17.5 Å². The molecule has 0 bridgehead atoms. The highest BCUT2D eigenvalue weighted by Crippen LogP contribution is 2.37. The van der Waals surface area contributed by atoms with Gasteiger partial charge in [-0.25, -0.2) is 0 Å². The first-order valence-electron chi connectivity index (χ1n) is 8.51. The van der Waals surface area contributed by atoms with E-state index < -0.39 is 0 Å². The highest BCUT2D eigenvalue weighted by Gasteiger charge is 2.22. The monoisotopic (exact) mass is 327 g/mol. The Kier molecular flexibility index (Phi) is 3.92. The lowest BCUT2D eigenvalue weighted by Crippen LogP contribution is -2.32. The van der Waals surface area contributed by atoms with Gasteiger partial charge in [-0.15, -0.1) is 11.3 Å². The van der Waals surface area contributed by atoms with E-state index >= 15 is 0 Å². The van der Waals surface area contributed by atoms with Crippen LogP contribution in [0, 0.1) is 6.92 Å². The Morgan fingerprint density at radius 2 is 2.13 bits per heavy atom. The van der Waals surface area contributed by atoms with Crippen molar-refractivity contribution in [1.29, 1.82) is 0 Å². The summed E-state index contributed by atoms with van der Waals surface area (Å²) in [4.78, 5) is 8.59. The van der Waals surface area contributed by atoms with Crippen molar-refractivity contribution in [3.8, 4) is 0 Å². The van der Waals surface area contributed by atoms with Crippen molar-refractivity contribution in [2.75, 3.05) is 33.7 Å². The van der Waals surface area contributed by atoms with Crippen LogP contribution in [-0.4, -0.2) is 48.5 Å². The molecule has 4 rings (SSSR count). The lowest BCUT2D eigenvalue weighted by atomic mass is 10.0. The second-order valence-corrected chi connectivity index (χ2v) is 7.96. The number of hydrogen-bond acceptors (Lipinski definition) is 3. The zero-order valence-corrected chi connectivity index (χ0v) is 15.1. The Morgan fingerprint density at radius 3 is 2.96 bits per heavy atom. The number of H-pyrrole nitrogens is 1. The molecular formula is C19H25N3S. The summed E-state index contributed by atoms with van der Waals surface area (Å²) in [6.45, 7) is 6.89. The minimum atomic E-state index is 1.09. The maximum absolute atomic E-state index is 3.69. The van der Waals surface area contributed by atoms with Gasteiger partial charge in [0.1, 0.15) is 0 Å². The van der Waals surface area contributed by atoms with Crippen LogP contribution < -0.4 is 0 Å². The molecule has 0 radical (unpaired) electrons. The molecule has 3 nitrogen and oxygen atoms in total. The molecule has 23 heavy (non-hydrogen) atoms. The molecular weight excluding hydrogens is 302 g/mol. The summed E-state index contributed by atoms with van der Waals surface area (Å²) in [6.07, 6.45) is 2.40. The molecule has 0 unspecified atom stereocenters. The number of aromatic nitrogens is 1. The summed E-state index contributed by atoms with van der Waals surface area (Å²) in [7, 11) is 4.31. The predicted molar refractivity (Wildman–Crippen MR) is 101 cm³/mol. The van der Waals surface area contributed by atoms with Gasteiger partial charge in [0, 0.05) is 46.2 Å². The first-order valence-corrected chi connectivity index (χ1v) is 9.39. The zero-order chi connectivity index (χ0) is 16.0. The number of aromatic amines is 1. The molecule has 2 aromatic heterocycles. The van der Waals surface area contributed by atoms with Gasteiger partial charge >= 0.3 is 0 Å². The molecule has 4 heteroatoms. The average Bonchev–Trinajstić information content (AvgIpc) is 3.07. The Bertz CT molecular complexity index is 843. The van der Waals surface area contributed by atoms with Crippen molar-refractivity contribution in [2.24, 2.45) is 0 Å². The number of fused-ring (bicyclic) bond motifs is 5. The van der Waals surface area contributed by atoms with Gasteiger partial charge in [0.05, 0.1) is 0 Å². The fraction of sp³-hybridized carbons (Fsp3) is 0.474. The topological polar surface area (TPSA) is 22.3 Å². The van der Waals surface area contributed by atoms with Crippen molar-refractivity contribution < 1.29 is 0 Å². The highest BCUT2D eigenvalue weighted by molar-refractivity contribution is 7.17. The highest BCUT2D eigenvalue weighted by atomic mass is 32.1. The largest absolute Gasteiger partial charge is 0.358 e. The SMILES string of the molecule is Cc1csc2ccc3[nH]c4c(c3c12)CN(CCCN(C)C)CC4. The Balaban J connectivity index is 1.69. The Labute approximate surface area is 141 Å². The normalized spacial score (nSPS) is 15.8. The van der Waals surface area contributed by atoms with E-state index in [1.54, 1.807) is 5.56 Å². The number of hydrogen-bond donors (Lipinski definition) is 1. The minimum absolute atomic E-state index is 1.09. The van der Waals surface area contributed by atoms with Gasteiger partial charge in [-0.05, 0) is 69.2 Å². The van der Waals surface area contributed by atoms with E-state index in [0.29, 0.717) is 0 Å². The molecule has 3 aromatic rings. The molecule has 0 spiro atoms. The quantitative estimate of drug-likeness (QED) is 0.782. The lowest BCUT2D eigenvalue weighted by Gasteiger charge is -2.27. The predicted octanol–water partition coefficient (Wildman–Crippen LogP) is 4.00. The summed E-state index contributed by atoms with van der Waals surface area (Å²) in [5.41, 5.74) is 5.74. The molecule has 122 valence electrons. The third-order valence-corrected chi connectivity index (χ3v) is 6.08. The van der Waals surface area contributed by atoms with Crippen molar-refractivity contribution in [3.63, 3.8) is 0 Å². The molecule has 1 N–H and O–H groups in total. The van der Waals surface area contributed by atoms with Crippen molar-refractivity contribution >= 4 is 32.3 Å². The summed E-state index contributed by atoms with van der Waals surface area (Å²) in [6, 6.07) is 4.54. The number of rotatable bonds is 4. The van der Waals surface area contributed by atoms with E-state index in [9.17, 15) is 0 Å². The van der Waals surface area contributed by atoms with Gasteiger partial charge in [-0.3, -0.25) is 4.90 Å². The van der Waals surface area contributed by atoms with E-state index in [0.717, 1.165) is 13.0 Å². The zero-order valence-electron chi connectivity index (χ0n) is 14.3. The maximum atomic E-state index is 3.69. The average molecular weight is 327 g/mol. The summed E-state index contributed by atoms with van der Waals surface area (Å²) in [5.74, 6) is 0. The minimum Gasteiger partial charge on any atom is -0.358 e. The number of benzene rings is 1. The van der Waals surface area contributed by atoms with Crippen LogP contribution in [0.4, 0.5) is 0 Å². The molecule has 0 aliphatic carbocycles. The molecule has 0 saturated carbocycles. The van der Waals surface area contributed by atoms with Gasteiger partial charge in [-0.2, -0.15) is 0 Å². The van der Waals surface area contributed by atoms with Crippen LogP contribution in [0.25, 0.3) is 21.0 Å². The molecule has 3 heterocycles. The first kappa shape index (κ1) is 15.2. The molecule has 0 saturated heterocycles. The smallest absolute Gasteiger partial charge is 0.0466 e. The van der Waals surface area contributed by atoms with Crippen LogP contribution in [0.1, 0.15) is 23.2 Å². The van der Waals surface area contributed by atoms with Crippen LogP contribution >= 0.6 is 11.3 Å². The molecule has 0 fully saturated rings. The molecule has 1 aromatic carbocycles. The van der Waals surface area contributed by atoms with Crippen molar-refractivity contribution in [1.82, 2.24) is 14.8 Å². The van der Waals surface area contributed by atoms with Crippen molar-refractivity contribution in [3.05, 3.63) is 34.3 Å². The number of nitrogens with one attached hydrogen (secondary N) is 1. The van der Waals surface area contributed by atoms with Gasteiger partial charge in [0.25, 0.3) is 0 Å². The third-order valence-electron chi connectivity index (χ3n) is 5.02. The maximum Gasteiger partial charge on any atom is 0.0466 e. The Morgan fingerprint density at radius 1 is 1.26 bits per heavy atom. The van der Waals surface area contributed by atoms with Gasteiger partial charge in [0.15, 0.2) is 0 Å². The van der Waals surface area contributed by atoms with E-state index in [4.69, 9.17) is 0 Å². The first-order chi connectivity index (χ1) is 11.1. The lowest BCUT2D eigenvalue weighted by molar-refractivity contribution is 0.238. The fourth-order valence-electron chi connectivity index (χ4n) is 3.85. The van der Waals surface area contributed by atoms with Crippen LogP contribution in [0.3, 0.4) is 0 Å². The van der Waals surface area contributed by atoms with E-state index in [1.165, 1.54) is 58.3 Å². The number of aryl methyl sites for hydroxylation is 1. The van der Waals surface area contributed by atoms with Crippen molar-refractivity contribution in [2.45, 2.75) is 26.3 Å². The van der Waals surface area contributed by atoms with Gasteiger partial charge < -0.3 is 9.88 Å². The number of nitrogens with zero attached hydrogens (tertiary/aromatic N) is 2. The third kappa shape index (κ3) is 2.69. The van der Waals surface area contributed by atoms with E-state index in [-0.39, 0.29) is 0 Å². The molecule has 0 atom stereocenters. The van der Waals surface area contributed by atoms with Gasteiger partial charge in [0.2, 0.25) is 0 Å². The number of thiophene rings is 1. The summed E-state index contributed by atoms with van der Waals surface area (Å²) >= 11 is 1.87. The molecule has 1 aliphatic rings. The Hall–Kier alpha value is -1.36. The van der Waals surface area contributed by atoms with Crippen LogP contribution in [0.5, 0.6) is 0 Å². The standard InChI is InChI=1S/C19H25N3S/c1-13-12-23-17-6-5-16-19(18(13)17)14-11-22(9-4-8-21(2)3)10-7-15(14)20-16/h5-6,12,20H,4,7-11H2,1-3H3. The fourth-order valence-corrected chi connectivity index (χ4v) is 4.80. The summed E-state index contributed by atoms with van der Waals surface area (Å²) in [5, 5.41) is 5.25. The second-order valence-electron chi connectivity index (χ2n) is 7.05. The second kappa shape index (κ2) is 5.93. The molecule has 1 aliphatic heterocycles. The molecule has 0 amide bonds. The van der Waals surface area contributed by atoms with Gasteiger partial charge in [-0.1, -0.05) is 0 Å². The van der Waals surface area contributed by atoms with E-state index in [1.807, 2.05) is 11.3 Å².